The molecule has 5 N–H and O–H groups in total. The molecule has 0 spiro atoms. The van der Waals surface area contributed by atoms with Crippen LogP contribution in [0.1, 0.15) is 93.7 Å². The van der Waals surface area contributed by atoms with E-state index in [1.807, 2.05) is 50.4 Å². The Hall–Kier alpha value is -6.63. The fourth-order valence-corrected chi connectivity index (χ4v) is 9.77. The molecule has 2 atom stereocenters. The van der Waals surface area contributed by atoms with Crippen LogP contribution < -0.4 is 35.5 Å². The van der Waals surface area contributed by atoms with Gasteiger partial charge >= 0.3 is 0 Å². The number of rotatable bonds is 18. The number of carbonyl (C=O) groups excluding carboxylic acids is 4. The summed E-state index contributed by atoms with van der Waals surface area (Å²) in [6.07, 6.45) is 5.79. The van der Waals surface area contributed by atoms with Gasteiger partial charge in [-0.25, -0.2) is 9.97 Å². The number of aromatic amines is 1. The van der Waals surface area contributed by atoms with E-state index < -0.39 is 23.1 Å². The monoisotopic (exact) mass is 962 g/mol. The molecule has 3 aromatic carbocycles. The van der Waals surface area contributed by atoms with E-state index in [-0.39, 0.29) is 48.6 Å². The highest BCUT2D eigenvalue weighted by Crippen LogP contribution is 2.45. The quantitative estimate of drug-likeness (QED) is 0.0377. The zero-order valence-electron chi connectivity index (χ0n) is 39.8. The zero-order valence-corrected chi connectivity index (χ0v) is 40.5. The molecule has 0 saturated carbocycles. The average molecular weight is 964 g/mol. The Kier molecular flexibility index (Phi) is 14.3. The molecule has 8 rings (SSSR count). The lowest BCUT2D eigenvalue weighted by Crippen LogP contribution is -2.60. The molecule has 0 bridgehead atoms. The highest BCUT2D eigenvalue weighted by molar-refractivity contribution is 6.30. The number of anilines is 1. The summed E-state index contributed by atoms with van der Waals surface area (Å²) in [4.78, 5) is 67.3. The van der Waals surface area contributed by atoms with Crippen molar-refractivity contribution < 1.29 is 38.1 Å². The van der Waals surface area contributed by atoms with Crippen molar-refractivity contribution in [3.63, 3.8) is 0 Å². The molecule has 19 heteroatoms. The van der Waals surface area contributed by atoms with Crippen LogP contribution >= 0.6 is 11.6 Å². The Bertz CT molecular complexity index is 2730. The second kappa shape index (κ2) is 20.1. The Morgan fingerprint density at radius 1 is 1.00 bits per heavy atom. The largest absolute Gasteiger partial charge is 0.493 e. The standard InChI is InChI=1S/C50H59ClN10O8/c1-48(2,28-68-23-17-36(30-10-12-31(51)13-11-30)56-47(65)50(52)18-21-60(22-19-50)44-34-16-20-53-43(34)54-29-55-44)27-49(3,4)69-42-39(66-5)24-32(25-40(42)67-6)58-59-37-9-7-8-33-35(37)26-61(46(33)64)38-14-15-41(62)57-45(38)63/h7-13,16,20,24-25,29,36,38H,14-15,17-19,21-23,26-28,52H2,1-6H3,(H,56,65)(H,53,54,55)(H,57,62,63)/b59-58-. The molecule has 0 aliphatic carbocycles. The minimum atomic E-state index is -1.06. The van der Waals surface area contributed by atoms with Gasteiger partial charge in [0.1, 0.15) is 29.4 Å². The summed E-state index contributed by atoms with van der Waals surface area (Å²) >= 11 is 6.26. The number of ether oxygens (including phenoxy) is 4. The summed E-state index contributed by atoms with van der Waals surface area (Å²) in [5.74, 6) is 0.640. The van der Waals surface area contributed by atoms with Crippen LogP contribution in [0.5, 0.6) is 17.2 Å². The average Bonchev–Trinajstić information content (AvgIpc) is 3.94. The highest BCUT2D eigenvalue weighted by Gasteiger charge is 2.41. The van der Waals surface area contributed by atoms with Crippen molar-refractivity contribution in [1.29, 1.82) is 0 Å². The van der Waals surface area contributed by atoms with Crippen LogP contribution in [-0.2, 0) is 25.7 Å². The molecule has 3 aliphatic rings. The van der Waals surface area contributed by atoms with Crippen molar-refractivity contribution in [3.8, 4) is 17.2 Å². The molecule has 2 unspecified atom stereocenters. The Morgan fingerprint density at radius 3 is 2.42 bits per heavy atom. The SMILES string of the molecule is COc1cc(/N=N\c2cccc3c2CN(C2CCC(=O)NC2=O)C3=O)cc(OC)c1OC(C)(C)CC(C)(C)COCCC(NC(=O)C1(N)CCN(c2ncnc3[nH]ccc23)CC1)c1ccc(Cl)cc1. The molecule has 5 heterocycles. The summed E-state index contributed by atoms with van der Waals surface area (Å²) in [5, 5.41) is 16.1. The molecule has 364 valence electrons. The molecular formula is C50H59ClN10O8. The fourth-order valence-electron chi connectivity index (χ4n) is 9.64. The number of nitrogens with one attached hydrogen (secondary N) is 3. The number of piperidine rings is 2. The van der Waals surface area contributed by atoms with E-state index in [9.17, 15) is 19.2 Å². The van der Waals surface area contributed by atoms with Crippen molar-refractivity contribution in [2.75, 3.05) is 45.4 Å². The lowest BCUT2D eigenvalue weighted by atomic mass is 9.82. The molecule has 5 aromatic rings. The van der Waals surface area contributed by atoms with Gasteiger partial charge in [-0.3, -0.25) is 24.5 Å². The summed E-state index contributed by atoms with van der Waals surface area (Å²) in [6, 6.07) is 16.8. The highest BCUT2D eigenvalue weighted by atomic mass is 35.5. The number of hydrogen-bond acceptors (Lipinski definition) is 14. The molecule has 0 radical (unpaired) electrons. The second-order valence-electron chi connectivity index (χ2n) is 19.3. The number of methoxy groups -OCH3 is 2. The van der Waals surface area contributed by atoms with Crippen molar-refractivity contribution in [1.82, 2.24) is 30.5 Å². The number of carbonyl (C=O) groups is 4. The minimum absolute atomic E-state index is 0.161. The number of aromatic nitrogens is 3. The van der Waals surface area contributed by atoms with E-state index >= 15 is 0 Å². The Labute approximate surface area is 405 Å². The van der Waals surface area contributed by atoms with Gasteiger partial charge in [-0.2, -0.15) is 10.2 Å². The summed E-state index contributed by atoms with van der Waals surface area (Å²) in [5.41, 5.74) is 8.33. The first kappa shape index (κ1) is 48.8. The predicted octanol–water partition coefficient (Wildman–Crippen LogP) is 7.64. The number of azo groups is 1. The first-order chi connectivity index (χ1) is 33.0. The third-order valence-electron chi connectivity index (χ3n) is 12.9. The van der Waals surface area contributed by atoms with Crippen LogP contribution in [0, 0.1) is 5.41 Å². The Balaban J connectivity index is 0.874. The molecule has 2 fully saturated rings. The van der Waals surface area contributed by atoms with Crippen LogP contribution in [0.3, 0.4) is 0 Å². The lowest BCUT2D eigenvalue weighted by molar-refractivity contribution is -0.137. The maximum Gasteiger partial charge on any atom is 0.255 e. The number of H-pyrrole nitrogens is 1. The summed E-state index contributed by atoms with van der Waals surface area (Å²) in [7, 11) is 3.06. The lowest BCUT2D eigenvalue weighted by Gasteiger charge is -2.39. The number of nitrogens with zero attached hydrogens (tertiary/aromatic N) is 6. The second-order valence-corrected chi connectivity index (χ2v) is 19.7. The predicted molar refractivity (Wildman–Crippen MR) is 259 cm³/mol. The minimum Gasteiger partial charge on any atom is -0.493 e. The smallest absolute Gasteiger partial charge is 0.255 e. The first-order valence-corrected chi connectivity index (χ1v) is 23.4. The number of hydrogen-bond donors (Lipinski definition) is 4. The van der Waals surface area contributed by atoms with Gasteiger partial charge in [0.05, 0.1) is 49.2 Å². The molecule has 69 heavy (non-hydrogen) atoms. The number of amides is 4. The number of fused-ring (bicyclic) bond motifs is 2. The van der Waals surface area contributed by atoms with E-state index in [4.69, 9.17) is 36.3 Å². The van der Waals surface area contributed by atoms with E-state index in [0.717, 1.165) is 22.4 Å². The van der Waals surface area contributed by atoms with Gasteiger partial charge in [0.15, 0.2) is 11.5 Å². The molecule has 2 aromatic heterocycles. The van der Waals surface area contributed by atoms with Crippen LogP contribution in [0.25, 0.3) is 11.0 Å². The Morgan fingerprint density at radius 2 is 1.72 bits per heavy atom. The summed E-state index contributed by atoms with van der Waals surface area (Å²) in [6.45, 7) is 10.3. The van der Waals surface area contributed by atoms with Gasteiger partial charge in [0.25, 0.3) is 5.91 Å². The van der Waals surface area contributed by atoms with Crippen molar-refractivity contribution in [2.45, 2.75) is 96.0 Å². The molecule has 3 aliphatic heterocycles. The fraction of sp³-hybridized carbons (Fsp3) is 0.440. The van der Waals surface area contributed by atoms with Crippen LogP contribution in [0.15, 0.2) is 83.4 Å². The van der Waals surface area contributed by atoms with Gasteiger partial charge < -0.3 is 44.8 Å². The van der Waals surface area contributed by atoms with E-state index in [1.165, 1.54) is 19.1 Å². The van der Waals surface area contributed by atoms with Gasteiger partial charge in [-0.1, -0.05) is 43.6 Å². The number of halogens is 1. The molecule has 2 saturated heterocycles. The molecule has 4 amide bonds. The van der Waals surface area contributed by atoms with Crippen LogP contribution in [0.2, 0.25) is 5.02 Å². The zero-order chi connectivity index (χ0) is 49.1. The van der Waals surface area contributed by atoms with Crippen molar-refractivity contribution in [3.05, 3.63) is 94.9 Å². The molecular weight excluding hydrogens is 904 g/mol. The third-order valence-corrected chi connectivity index (χ3v) is 13.2. The first-order valence-electron chi connectivity index (χ1n) is 23.1. The maximum absolute atomic E-state index is 14.0. The van der Waals surface area contributed by atoms with Gasteiger partial charge in [0, 0.05) is 67.1 Å². The summed E-state index contributed by atoms with van der Waals surface area (Å²) < 4.78 is 24.6. The van der Waals surface area contributed by atoms with Gasteiger partial charge in [-0.15, -0.1) is 0 Å². The molecule has 18 nitrogen and oxygen atoms in total. The van der Waals surface area contributed by atoms with Crippen LogP contribution in [-0.4, -0.2) is 101 Å². The number of imide groups is 1. The van der Waals surface area contributed by atoms with E-state index in [2.05, 4.69) is 54.6 Å². The normalized spacial score (nSPS) is 17.8. The van der Waals surface area contributed by atoms with Gasteiger partial charge in [0.2, 0.25) is 23.5 Å². The maximum atomic E-state index is 14.0. The number of benzene rings is 3. The van der Waals surface area contributed by atoms with E-state index in [0.29, 0.717) is 96.8 Å². The number of nitrogens with two attached hydrogens (primary N) is 1. The van der Waals surface area contributed by atoms with E-state index in [1.54, 1.807) is 36.7 Å². The topological polar surface area (TPSA) is 228 Å². The van der Waals surface area contributed by atoms with Crippen LogP contribution in [0.4, 0.5) is 17.2 Å². The van der Waals surface area contributed by atoms with Crippen molar-refractivity contribution >= 4 is 63.5 Å². The third kappa shape index (κ3) is 11.0. The van der Waals surface area contributed by atoms with Gasteiger partial charge in [-0.05, 0) is 87.3 Å². The van der Waals surface area contributed by atoms with Crippen molar-refractivity contribution in [2.24, 2.45) is 21.4 Å².